The van der Waals surface area contributed by atoms with Gasteiger partial charge in [0.05, 0.1) is 6.54 Å². The Bertz CT molecular complexity index is 423. The summed E-state index contributed by atoms with van der Waals surface area (Å²) >= 11 is 0. The van der Waals surface area contributed by atoms with Crippen LogP contribution in [-0.2, 0) is 0 Å². The van der Waals surface area contributed by atoms with Gasteiger partial charge in [0.1, 0.15) is 0 Å². The molecule has 0 amide bonds. The molecule has 0 radical (unpaired) electrons. The molecule has 1 aromatic rings. The minimum atomic E-state index is 0.211. The Morgan fingerprint density at radius 2 is 1.83 bits per heavy atom. The molecule has 1 atom stereocenters. The third kappa shape index (κ3) is 3.67. The third-order valence-corrected chi connectivity index (χ3v) is 3.74. The van der Waals surface area contributed by atoms with E-state index in [2.05, 4.69) is 31.7 Å². The van der Waals surface area contributed by atoms with Gasteiger partial charge in [-0.05, 0) is 39.3 Å². The first-order valence-corrected chi connectivity index (χ1v) is 6.63. The Morgan fingerprint density at radius 1 is 1.22 bits per heavy atom. The van der Waals surface area contributed by atoms with E-state index in [1.807, 2.05) is 33.0 Å². The van der Waals surface area contributed by atoms with Crippen molar-refractivity contribution < 1.29 is 4.79 Å². The van der Waals surface area contributed by atoms with E-state index in [-0.39, 0.29) is 5.78 Å². The van der Waals surface area contributed by atoms with Gasteiger partial charge in [-0.1, -0.05) is 37.6 Å². The lowest BCUT2D eigenvalue weighted by atomic mass is 10.0. The van der Waals surface area contributed by atoms with Gasteiger partial charge in [-0.3, -0.25) is 9.69 Å². The molecule has 18 heavy (non-hydrogen) atoms. The number of carbonyl (C=O) groups excluding carboxylic acids is 1. The second-order valence-electron chi connectivity index (χ2n) is 5.64. The van der Waals surface area contributed by atoms with Crippen LogP contribution in [0, 0.1) is 19.8 Å². The average molecular weight is 247 g/mol. The molecule has 100 valence electrons. The smallest absolute Gasteiger partial charge is 0.177 e. The van der Waals surface area contributed by atoms with Gasteiger partial charge in [-0.2, -0.15) is 0 Å². The summed E-state index contributed by atoms with van der Waals surface area (Å²) < 4.78 is 0. The lowest BCUT2D eigenvalue weighted by molar-refractivity contribution is 0.0906. The predicted molar refractivity (Wildman–Crippen MR) is 77.2 cm³/mol. The van der Waals surface area contributed by atoms with Gasteiger partial charge in [-0.15, -0.1) is 0 Å². The summed E-state index contributed by atoms with van der Waals surface area (Å²) in [7, 11) is 2.02. The van der Waals surface area contributed by atoms with Crippen LogP contribution in [0.4, 0.5) is 0 Å². The van der Waals surface area contributed by atoms with Crippen LogP contribution in [0.1, 0.15) is 42.3 Å². The number of Topliss-reactive ketones (excluding diaryl/α,β-unsaturated/α-hetero) is 1. The quantitative estimate of drug-likeness (QED) is 0.743. The van der Waals surface area contributed by atoms with Gasteiger partial charge in [-0.25, -0.2) is 0 Å². The zero-order valence-corrected chi connectivity index (χ0v) is 12.4. The van der Waals surface area contributed by atoms with E-state index in [1.54, 1.807) is 0 Å². The van der Waals surface area contributed by atoms with Gasteiger partial charge in [0.2, 0.25) is 0 Å². The van der Waals surface area contributed by atoms with Crippen LogP contribution in [0.2, 0.25) is 0 Å². The monoisotopic (exact) mass is 247 g/mol. The first-order valence-electron chi connectivity index (χ1n) is 6.63. The Hall–Kier alpha value is -1.15. The Balaban J connectivity index is 2.76. The zero-order valence-electron chi connectivity index (χ0n) is 12.4. The third-order valence-electron chi connectivity index (χ3n) is 3.74. The number of aryl methyl sites for hydroxylation is 2. The van der Waals surface area contributed by atoms with Crippen molar-refractivity contribution in [3.8, 4) is 0 Å². The first kappa shape index (κ1) is 14.9. The van der Waals surface area contributed by atoms with Crippen molar-refractivity contribution >= 4 is 5.78 Å². The fourth-order valence-electron chi connectivity index (χ4n) is 2.09. The Kier molecular flexibility index (Phi) is 5.09. The number of carbonyl (C=O) groups is 1. The molecule has 0 aliphatic rings. The lowest BCUT2D eigenvalue weighted by Gasteiger charge is -2.27. The number of rotatable bonds is 5. The van der Waals surface area contributed by atoms with Gasteiger partial charge in [0.25, 0.3) is 0 Å². The van der Waals surface area contributed by atoms with Crippen LogP contribution < -0.4 is 0 Å². The molecule has 2 heteroatoms. The maximum atomic E-state index is 12.3. The highest BCUT2D eigenvalue weighted by Gasteiger charge is 2.17. The standard InChI is InChI=1S/C16H25NO/c1-11(2)14(5)17(6)10-16(18)15-8-7-12(3)9-13(15)4/h7-9,11,14H,10H2,1-6H3. The topological polar surface area (TPSA) is 20.3 Å². The molecule has 0 spiro atoms. The van der Waals surface area contributed by atoms with Gasteiger partial charge in [0.15, 0.2) is 5.78 Å². The molecule has 0 N–H and O–H groups in total. The summed E-state index contributed by atoms with van der Waals surface area (Å²) in [5.41, 5.74) is 3.13. The van der Waals surface area contributed by atoms with E-state index >= 15 is 0 Å². The van der Waals surface area contributed by atoms with Crippen molar-refractivity contribution in [3.63, 3.8) is 0 Å². The molecular formula is C16H25NO. The molecule has 0 saturated heterocycles. The minimum Gasteiger partial charge on any atom is -0.296 e. The SMILES string of the molecule is Cc1ccc(C(=O)CN(C)C(C)C(C)C)c(C)c1. The van der Waals surface area contributed by atoms with Crippen LogP contribution in [0.3, 0.4) is 0 Å². The van der Waals surface area contributed by atoms with Gasteiger partial charge >= 0.3 is 0 Å². The average Bonchev–Trinajstić information content (AvgIpc) is 2.27. The van der Waals surface area contributed by atoms with E-state index in [4.69, 9.17) is 0 Å². The van der Waals surface area contributed by atoms with Crippen molar-refractivity contribution in [2.45, 2.75) is 40.7 Å². The van der Waals surface area contributed by atoms with E-state index in [0.29, 0.717) is 18.5 Å². The molecule has 1 aromatic carbocycles. The van der Waals surface area contributed by atoms with Crippen LogP contribution in [0.15, 0.2) is 18.2 Å². The zero-order chi connectivity index (χ0) is 13.9. The summed E-state index contributed by atoms with van der Waals surface area (Å²) in [6.45, 7) is 11.1. The van der Waals surface area contributed by atoms with Crippen molar-refractivity contribution in [2.75, 3.05) is 13.6 Å². The highest BCUT2D eigenvalue weighted by atomic mass is 16.1. The maximum absolute atomic E-state index is 12.3. The highest BCUT2D eigenvalue weighted by molar-refractivity contribution is 5.98. The van der Waals surface area contributed by atoms with Crippen molar-refractivity contribution in [1.29, 1.82) is 0 Å². The normalized spacial score (nSPS) is 13.1. The summed E-state index contributed by atoms with van der Waals surface area (Å²) in [6, 6.07) is 6.44. The second kappa shape index (κ2) is 6.14. The second-order valence-corrected chi connectivity index (χ2v) is 5.64. The number of likely N-dealkylation sites (N-methyl/N-ethyl adjacent to an activating group) is 1. The molecule has 0 aliphatic heterocycles. The largest absolute Gasteiger partial charge is 0.296 e. The minimum absolute atomic E-state index is 0.211. The predicted octanol–water partition coefficient (Wildman–Crippen LogP) is 3.46. The lowest BCUT2D eigenvalue weighted by Crippen LogP contribution is -2.37. The van der Waals surface area contributed by atoms with E-state index < -0.39 is 0 Å². The van der Waals surface area contributed by atoms with E-state index in [0.717, 1.165) is 11.1 Å². The molecule has 2 nitrogen and oxygen atoms in total. The molecule has 0 heterocycles. The fourth-order valence-corrected chi connectivity index (χ4v) is 2.09. The fraction of sp³-hybridized carbons (Fsp3) is 0.562. The number of ketones is 1. The van der Waals surface area contributed by atoms with E-state index in [9.17, 15) is 4.79 Å². The van der Waals surface area contributed by atoms with Crippen molar-refractivity contribution in [3.05, 3.63) is 34.9 Å². The van der Waals surface area contributed by atoms with Gasteiger partial charge < -0.3 is 0 Å². The molecule has 0 aliphatic carbocycles. The molecule has 0 aromatic heterocycles. The molecule has 1 unspecified atom stereocenters. The van der Waals surface area contributed by atoms with Crippen LogP contribution >= 0.6 is 0 Å². The number of hydrogen-bond acceptors (Lipinski definition) is 2. The van der Waals surface area contributed by atoms with Crippen LogP contribution in [0.5, 0.6) is 0 Å². The highest BCUT2D eigenvalue weighted by Crippen LogP contribution is 2.14. The molecular weight excluding hydrogens is 222 g/mol. The van der Waals surface area contributed by atoms with E-state index in [1.165, 1.54) is 5.56 Å². The maximum Gasteiger partial charge on any atom is 0.177 e. The summed E-state index contributed by atoms with van der Waals surface area (Å²) in [5, 5.41) is 0. The first-order chi connectivity index (χ1) is 8.32. The van der Waals surface area contributed by atoms with Crippen LogP contribution in [0.25, 0.3) is 0 Å². The summed E-state index contributed by atoms with van der Waals surface area (Å²) in [5.74, 6) is 0.768. The summed E-state index contributed by atoms with van der Waals surface area (Å²) in [4.78, 5) is 14.4. The van der Waals surface area contributed by atoms with Crippen molar-refractivity contribution in [2.24, 2.45) is 5.92 Å². The number of hydrogen-bond donors (Lipinski definition) is 0. The summed E-state index contributed by atoms with van der Waals surface area (Å²) in [6.07, 6.45) is 0. The van der Waals surface area contributed by atoms with Gasteiger partial charge in [0, 0.05) is 11.6 Å². The Morgan fingerprint density at radius 3 is 2.33 bits per heavy atom. The molecule has 0 fully saturated rings. The molecule has 1 rings (SSSR count). The number of nitrogens with zero attached hydrogens (tertiary/aromatic N) is 1. The number of benzene rings is 1. The molecule has 0 bridgehead atoms. The Labute approximate surface area is 111 Å². The molecule has 0 saturated carbocycles. The van der Waals surface area contributed by atoms with Crippen molar-refractivity contribution in [1.82, 2.24) is 4.90 Å². The van der Waals surface area contributed by atoms with Crippen LogP contribution in [-0.4, -0.2) is 30.3 Å².